The quantitative estimate of drug-likeness (QED) is 0.354. The molecule has 0 saturated carbocycles. The van der Waals surface area contributed by atoms with Gasteiger partial charge in [-0.2, -0.15) is 5.26 Å². The molecule has 1 saturated heterocycles. The Hall–Kier alpha value is -3.94. The summed E-state index contributed by atoms with van der Waals surface area (Å²) in [7, 11) is 0. The Morgan fingerprint density at radius 1 is 1.03 bits per heavy atom. The third kappa shape index (κ3) is 5.95. The van der Waals surface area contributed by atoms with Crippen molar-refractivity contribution in [2.24, 2.45) is 11.8 Å². The summed E-state index contributed by atoms with van der Waals surface area (Å²) in [5.41, 5.74) is 5.33. The molecule has 1 fully saturated rings. The average Bonchev–Trinajstić information content (AvgIpc) is 3.33. The van der Waals surface area contributed by atoms with E-state index >= 15 is 0 Å². The molecule has 1 aliphatic rings. The van der Waals surface area contributed by atoms with Crippen LogP contribution in [-0.4, -0.2) is 25.5 Å². The van der Waals surface area contributed by atoms with Crippen molar-refractivity contribution in [3.05, 3.63) is 119 Å². The van der Waals surface area contributed by atoms with Gasteiger partial charge in [0.2, 0.25) is 0 Å². The number of carbonyl (C=O) groups excluding carboxylic acids is 1. The van der Waals surface area contributed by atoms with E-state index < -0.39 is 0 Å². The number of rotatable bonds is 8. The lowest BCUT2D eigenvalue weighted by atomic mass is 9.89. The minimum Gasteiger partial charge on any atom is -0.316 e. The van der Waals surface area contributed by atoms with Crippen molar-refractivity contribution in [2.45, 2.75) is 13.3 Å². The van der Waals surface area contributed by atoms with Gasteiger partial charge in [-0.05, 0) is 85.3 Å². The molecule has 1 heterocycles. The molecule has 1 unspecified atom stereocenters. The van der Waals surface area contributed by atoms with Crippen molar-refractivity contribution in [1.82, 2.24) is 5.32 Å². The number of anilines is 1. The Labute approximate surface area is 208 Å². The van der Waals surface area contributed by atoms with Gasteiger partial charge in [-0.1, -0.05) is 67.3 Å². The van der Waals surface area contributed by atoms with E-state index in [-0.39, 0.29) is 5.91 Å². The van der Waals surface area contributed by atoms with Gasteiger partial charge in [-0.3, -0.25) is 4.79 Å². The summed E-state index contributed by atoms with van der Waals surface area (Å²) in [5, 5.41) is 12.8. The minimum atomic E-state index is -0.0849. The van der Waals surface area contributed by atoms with Crippen LogP contribution in [0.15, 0.2) is 97.1 Å². The van der Waals surface area contributed by atoms with Crippen molar-refractivity contribution >= 4 is 17.7 Å². The molecule has 0 aliphatic carbocycles. The SMILES string of the molecule is C=C/C(=C\c1ccccc1C)C(=O)N(CC1CNC[C@@H]1Cc1ccccc1)c1ccc(C#N)cc1. The normalized spacial score (nSPS) is 17.5. The molecule has 1 N–H and O–H groups in total. The molecule has 0 spiro atoms. The summed E-state index contributed by atoms with van der Waals surface area (Å²) < 4.78 is 0. The monoisotopic (exact) mass is 461 g/mol. The Bertz CT molecular complexity index is 1240. The summed E-state index contributed by atoms with van der Waals surface area (Å²) in [5.74, 6) is 0.649. The molecule has 4 heteroatoms. The molecule has 0 aromatic heterocycles. The first-order valence-electron chi connectivity index (χ1n) is 12.1. The maximum Gasteiger partial charge on any atom is 0.258 e. The fourth-order valence-electron chi connectivity index (χ4n) is 4.69. The highest BCUT2D eigenvalue weighted by Gasteiger charge is 2.31. The van der Waals surface area contributed by atoms with Gasteiger partial charge in [0.1, 0.15) is 0 Å². The number of nitrogens with one attached hydrogen (secondary N) is 1. The van der Waals surface area contributed by atoms with Gasteiger partial charge in [0.15, 0.2) is 0 Å². The molecular formula is C31H31N3O. The molecule has 3 aromatic rings. The lowest BCUT2D eigenvalue weighted by Crippen LogP contribution is -2.38. The molecule has 176 valence electrons. The van der Waals surface area contributed by atoms with Crippen LogP contribution in [0.25, 0.3) is 6.08 Å². The van der Waals surface area contributed by atoms with E-state index in [1.165, 1.54) is 5.56 Å². The Balaban J connectivity index is 1.64. The second-order valence-electron chi connectivity index (χ2n) is 9.10. The molecule has 0 radical (unpaired) electrons. The molecule has 3 aromatic carbocycles. The zero-order valence-electron chi connectivity index (χ0n) is 20.2. The fraction of sp³-hybridized carbons (Fsp3) is 0.226. The zero-order valence-corrected chi connectivity index (χ0v) is 20.2. The van der Waals surface area contributed by atoms with E-state index in [1.807, 2.05) is 60.4 Å². The lowest BCUT2D eigenvalue weighted by Gasteiger charge is -2.29. The van der Waals surface area contributed by atoms with Crippen LogP contribution < -0.4 is 10.2 Å². The largest absolute Gasteiger partial charge is 0.316 e. The van der Waals surface area contributed by atoms with Gasteiger partial charge >= 0.3 is 0 Å². The second-order valence-corrected chi connectivity index (χ2v) is 9.10. The number of benzene rings is 3. The topological polar surface area (TPSA) is 56.1 Å². The summed E-state index contributed by atoms with van der Waals surface area (Å²) in [4.78, 5) is 15.7. The highest BCUT2D eigenvalue weighted by Crippen LogP contribution is 2.27. The molecule has 2 atom stereocenters. The highest BCUT2D eigenvalue weighted by molar-refractivity contribution is 6.10. The van der Waals surface area contributed by atoms with Crippen LogP contribution in [0, 0.1) is 30.1 Å². The summed E-state index contributed by atoms with van der Waals surface area (Å²) in [6, 6.07) is 27.9. The second kappa shape index (κ2) is 11.5. The van der Waals surface area contributed by atoms with E-state index in [9.17, 15) is 10.1 Å². The zero-order chi connectivity index (χ0) is 24.6. The number of carbonyl (C=O) groups is 1. The van der Waals surface area contributed by atoms with E-state index in [2.05, 4.69) is 42.2 Å². The first-order valence-corrected chi connectivity index (χ1v) is 12.1. The molecular weight excluding hydrogens is 430 g/mol. The van der Waals surface area contributed by atoms with Gasteiger partial charge in [0.05, 0.1) is 11.6 Å². The fourth-order valence-corrected chi connectivity index (χ4v) is 4.69. The number of nitrogens with zero attached hydrogens (tertiary/aromatic N) is 2. The molecule has 4 rings (SSSR count). The van der Waals surface area contributed by atoms with E-state index in [4.69, 9.17) is 0 Å². The van der Waals surface area contributed by atoms with Crippen LogP contribution >= 0.6 is 0 Å². The van der Waals surface area contributed by atoms with Crippen LogP contribution in [-0.2, 0) is 11.2 Å². The Morgan fingerprint density at radius 3 is 2.40 bits per heavy atom. The number of nitriles is 1. The van der Waals surface area contributed by atoms with Crippen LogP contribution in [0.4, 0.5) is 5.69 Å². The predicted octanol–water partition coefficient (Wildman–Crippen LogP) is 5.55. The lowest BCUT2D eigenvalue weighted by molar-refractivity contribution is -0.114. The number of aryl methyl sites for hydroxylation is 1. The van der Waals surface area contributed by atoms with Gasteiger partial charge in [0, 0.05) is 17.8 Å². The smallest absolute Gasteiger partial charge is 0.258 e. The van der Waals surface area contributed by atoms with Crippen molar-refractivity contribution in [3.8, 4) is 6.07 Å². The molecule has 4 nitrogen and oxygen atoms in total. The maximum absolute atomic E-state index is 13.9. The van der Waals surface area contributed by atoms with Crippen LogP contribution in [0.5, 0.6) is 0 Å². The van der Waals surface area contributed by atoms with E-state index in [0.29, 0.717) is 29.5 Å². The van der Waals surface area contributed by atoms with Crippen molar-refractivity contribution in [2.75, 3.05) is 24.5 Å². The number of hydrogen-bond acceptors (Lipinski definition) is 3. The summed E-state index contributed by atoms with van der Waals surface area (Å²) in [6.07, 6.45) is 4.52. The molecule has 1 aliphatic heterocycles. The summed E-state index contributed by atoms with van der Waals surface area (Å²) in [6.45, 7) is 8.37. The van der Waals surface area contributed by atoms with Gasteiger partial charge in [-0.15, -0.1) is 0 Å². The first-order chi connectivity index (χ1) is 17.1. The standard InChI is InChI=1S/C31H31N3O/c1-3-26(18-27-12-8-7-9-23(27)2)31(35)34(30-15-13-25(19-32)14-16-30)22-29-21-33-20-28(29)17-24-10-5-4-6-11-24/h3-16,18,28-29,33H,1,17,20-22H2,2H3/b26-18+/t28-,29?/m0/s1. The van der Waals surface area contributed by atoms with Gasteiger partial charge < -0.3 is 10.2 Å². The van der Waals surface area contributed by atoms with Gasteiger partial charge in [0.25, 0.3) is 5.91 Å². The third-order valence-corrected chi connectivity index (χ3v) is 6.76. The minimum absolute atomic E-state index is 0.0849. The van der Waals surface area contributed by atoms with Crippen molar-refractivity contribution in [1.29, 1.82) is 5.26 Å². The Morgan fingerprint density at radius 2 is 1.71 bits per heavy atom. The molecule has 35 heavy (non-hydrogen) atoms. The van der Waals surface area contributed by atoms with Crippen LogP contribution in [0.3, 0.4) is 0 Å². The molecule has 0 bridgehead atoms. The van der Waals surface area contributed by atoms with Crippen LogP contribution in [0.1, 0.15) is 22.3 Å². The first kappa shape index (κ1) is 24.2. The number of hydrogen-bond donors (Lipinski definition) is 1. The van der Waals surface area contributed by atoms with Crippen LogP contribution in [0.2, 0.25) is 0 Å². The Kier molecular flexibility index (Phi) is 7.92. The van der Waals surface area contributed by atoms with Crippen molar-refractivity contribution in [3.63, 3.8) is 0 Å². The molecule has 1 amide bonds. The third-order valence-electron chi connectivity index (χ3n) is 6.76. The van der Waals surface area contributed by atoms with E-state index in [0.717, 1.165) is 36.3 Å². The highest BCUT2D eigenvalue weighted by atomic mass is 16.2. The average molecular weight is 462 g/mol. The summed E-state index contributed by atoms with van der Waals surface area (Å²) >= 11 is 0. The van der Waals surface area contributed by atoms with Crippen molar-refractivity contribution < 1.29 is 4.79 Å². The number of amides is 1. The van der Waals surface area contributed by atoms with E-state index in [1.54, 1.807) is 18.2 Å². The predicted molar refractivity (Wildman–Crippen MR) is 143 cm³/mol. The maximum atomic E-state index is 13.9. The van der Waals surface area contributed by atoms with Gasteiger partial charge in [-0.25, -0.2) is 0 Å².